The van der Waals surface area contributed by atoms with E-state index in [1.54, 1.807) is 0 Å². The molecule has 1 aliphatic heterocycles. The molecule has 0 aliphatic carbocycles. The molecule has 0 aromatic carbocycles. The number of carboxylic acid groups (broad SMARTS) is 1. The first-order valence-electron chi connectivity index (χ1n) is 7.28. The quantitative estimate of drug-likeness (QED) is 0.720. The van der Waals surface area contributed by atoms with E-state index in [0.29, 0.717) is 12.3 Å². The van der Waals surface area contributed by atoms with Crippen LogP contribution in [0.1, 0.15) is 52.4 Å². The minimum atomic E-state index is -0.669. The van der Waals surface area contributed by atoms with E-state index in [1.165, 1.54) is 0 Å². The maximum atomic E-state index is 10.6. The summed E-state index contributed by atoms with van der Waals surface area (Å²) in [5.74, 6) is -0.302. The van der Waals surface area contributed by atoms with Gasteiger partial charge in [-0.15, -0.1) is 0 Å². The van der Waals surface area contributed by atoms with Gasteiger partial charge < -0.3 is 10.0 Å². The summed E-state index contributed by atoms with van der Waals surface area (Å²) < 4.78 is 0. The summed E-state index contributed by atoms with van der Waals surface area (Å²) in [5.41, 5.74) is -0.200. The van der Waals surface area contributed by atoms with Crippen LogP contribution in [-0.4, -0.2) is 35.6 Å². The van der Waals surface area contributed by atoms with Crippen molar-refractivity contribution in [2.75, 3.05) is 19.6 Å². The molecule has 0 aromatic rings. The van der Waals surface area contributed by atoms with Crippen LogP contribution < -0.4 is 0 Å². The van der Waals surface area contributed by atoms with E-state index in [2.05, 4.69) is 11.0 Å². The number of nitrogens with zero attached hydrogens (tertiary/aromatic N) is 2. The van der Waals surface area contributed by atoms with Gasteiger partial charge in [-0.25, -0.2) is 0 Å². The number of aliphatic carboxylic acids is 1. The summed E-state index contributed by atoms with van der Waals surface area (Å²) in [6, 6.07) is 2.33. The average molecular weight is 266 g/mol. The lowest BCUT2D eigenvalue weighted by Gasteiger charge is -2.31. The average Bonchev–Trinajstić information content (AvgIpc) is 2.36. The number of likely N-dealkylation sites (tertiary alicyclic amines) is 1. The highest BCUT2D eigenvalue weighted by Crippen LogP contribution is 2.23. The molecular formula is C15H26N2O2. The Bertz CT molecular complexity index is 326. The molecule has 1 aliphatic rings. The summed E-state index contributed by atoms with van der Waals surface area (Å²) in [7, 11) is 0. The number of carbonyl (C=O) groups is 1. The molecule has 1 heterocycles. The summed E-state index contributed by atoms with van der Waals surface area (Å²) in [4.78, 5) is 13.1. The molecular weight excluding hydrogens is 240 g/mol. The fourth-order valence-electron chi connectivity index (χ4n) is 2.62. The van der Waals surface area contributed by atoms with Crippen LogP contribution in [-0.2, 0) is 4.79 Å². The Morgan fingerprint density at radius 1 is 1.37 bits per heavy atom. The standard InChI is InChI=1S/C15H26N2O2/c1-15(2,12-16)7-3-4-8-17-9-5-13(6-10-17)11-14(18)19/h13H,3-11H2,1-2H3,(H,18,19). The van der Waals surface area contributed by atoms with E-state index in [9.17, 15) is 4.79 Å². The normalized spacial score (nSPS) is 18.2. The summed E-state index contributed by atoms with van der Waals surface area (Å²) in [5, 5.41) is 17.7. The van der Waals surface area contributed by atoms with E-state index in [1.807, 2.05) is 13.8 Å². The summed E-state index contributed by atoms with van der Waals surface area (Å²) in [6.07, 6.45) is 5.53. The van der Waals surface area contributed by atoms with Crippen LogP contribution >= 0.6 is 0 Å². The van der Waals surface area contributed by atoms with Crippen molar-refractivity contribution in [3.63, 3.8) is 0 Å². The molecule has 1 fully saturated rings. The van der Waals surface area contributed by atoms with Gasteiger partial charge in [0.15, 0.2) is 0 Å². The number of nitriles is 1. The van der Waals surface area contributed by atoms with E-state index in [4.69, 9.17) is 10.4 Å². The smallest absolute Gasteiger partial charge is 0.303 e. The van der Waals surface area contributed by atoms with E-state index in [-0.39, 0.29) is 5.41 Å². The molecule has 0 amide bonds. The Morgan fingerprint density at radius 2 is 2.00 bits per heavy atom. The lowest BCUT2D eigenvalue weighted by Crippen LogP contribution is -2.35. The molecule has 0 unspecified atom stereocenters. The third kappa shape index (κ3) is 6.58. The minimum absolute atomic E-state index is 0.200. The highest BCUT2D eigenvalue weighted by atomic mass is 16.4. The van der Waals surface area contributed by atoms with Gasteiger partial charge in [0.1, 0.15) is 0 Å². The van der Waals surface area contributed by atoms with Gasteiger partial charge in [-0.1, -0.05) is 6.42 Å². The molecule has 0 spiro atoms. The maximum absolute atomic E-state index is 10.6. The van der Waals surface area contributed by atoms with Gasteiger partial charge in [-0.05, 0) is 65.1 Å². The van der Waals surface area contributed by atoms with E-state index >= 15 is 0 Å². The molecule has 4 heteroatoms. The van der Waals surface area contributed by atoms with Crippen LogP contribution in [0, 0.1) is 22.7 Å². The van der Waals surface area contributed by atoms with Gasteiger partial charge in [0.05, 0.1) is 11.5 Å². The Morgan fingerprint density at radius 3 is 2.53 bits per heavy atom. The van der Waals surface area contributed by atoms with Crippen LogP contribution in [0.15, 0.2) is 0 Å². The number of carboxylic acids is 1. The second-order valence-corrected chi connectivity index (χ2v) is 6.34. The Hall–Kier alpha value is -1.08. The van der Waals surface area contributed by atoms with Gasteiger partial charge in [0.2, 0.25) is 0 Å². The zero-order valence-electron chi connectivity index (χ0n) is 12.2. The zero-order chi connectivity index (χ0) is 14.3. The third-order valence-electron chi connectivity index (χ3n) is 4.00. The molecule has 1 N–H and O–H groups in total. The Balaban J connectivity index is 2.10. The minimum Gasteiger partial charge on any atom is -0.481 e. The van der Waals surface area contributed by atoms with E-state index < -0.39 is 5.97 Å². The first-order valence-corrected chi connectivity index (χ1v) is 7.28. The second kappa shape index (κ2) is 7.49. The van der Waals surface area contributed by atoms with E-state index in [0.717, 1.165) is 51.7 Å². The molecule has 0 radical (unpaired) electrons. The first kappa shape index (κ1) is 16.0. The van der Waals surface area contributed by atoms with Crippen LogP contribution in [0.25, 0.3) is 0 Å². The Labute approximate surface area is 116 Å². The monoisotopic (exact) mass is 266 g/mol. The predicted octanol–water partition coefficient (Wildman–Crippen LogP) is 2.89. The zero-order valence-corrected chi connectivity index (χ0v) is 12.2. The molecule has 0 aromatic heterocycles. The van der Waals surface area contributed by atoms with Crippen LogP contribution in [0.5, 0.6) is 0 Å². The van der Waals surface area contributed by atoms with Gasteiger partial charge in [0, 0.05) is 6.42 Å². The van der Waals surface area contributed by atoms with Crippen molar-refractivity contribution < 1.29 is 9.90 Å². The van der Waals surface area contributed by atoms with Crippen LogP contribution in [0.4, 0.5) is 0 Å². The van der Waals surface area contributed by atoms with Gasteiger partial charge in [-0.3, -0.25) is 4.79 Å². The lowest BCUT2D eigenvalue weighted by atomic mass is 9.89. The number of unbranched alkanes of at least 4 members (excludes halogenated alkanes) is 1. The maximum Gasteiger partial charge on any atom is 0.303 e. The molecule has 0 saturated carbocycles. The summed E-state index contributed by atoms with van der Waals surface area (Å²) >= 11 is 0. The van der Waals surface area contributed by atoms with Crippen molar-refractivity contribution in [1.29, 1.82) is 5.26 Å². The largest absolute Gasteiger partial charge is 0.481 e. The van der Waals surface area contributed by atoms with Gasteiger partial charge in [0.25, 0.3) is 0 Å². The highest BCUT2D eigenvalue weighted by molar-refractivity contribution is 5.67. The number of rotatable bonds is 7. The van der Waals surface area contributed by atoms with Crippen molar-refractivity contribution >= 4 is 5.97 Å². The molecule has 1 saturated heterocycles. The van der Waals surface area contributed by atoms with Crippen LogP contribution in [0.3, 0.4) is 0 Å². The first-order chi connectivity index (χ1) is 8.93. The fraction of sp³-hybridized carbons (Fsp3) is 0.867. The third-order valence-corrected chi connectivity index (χ3v) is 4.00. The number of hydrogen-bond acceptors (Lipinski definition) is 3. The van der Waals surface area contributed by atoms with Crippen molar-refractivity contribution in [3.8, 4) is 6.07 Å². The molecule has 108 valence electrons. The highest BCUT2D eigenvalue weighted by Gasteiger charge is 2.21. The van der Waals surface area contributed by atoms with Crippen LogP contribution in [0.2, 0.25) is 0 Å². The lowest BCUT2D eigenvalue weighted by molar-refractivity contribution is -0.138. The summed E-state index contributed by atoms with van der Waals surface area (Å²) in [6.45, 7) is 7.12. The topological polar surface area (TPSA) is 64.3 Å². The number of hydrogen-bond donors (Lipinski definition) is 1. The predicted molar refractivity (Wildman–Crippen MR) is 74.7 cm³/mol. The number of piperidine rings is 1. The van der Waals surface area contributed by atoms with Gasteiger partial charge in [-0.2, -0.15) is 5.26 Å². The fourth-order valence-corrected chi connectivity index (χ4v) is 2.62. The molecule has 4 nitrogen and oxygen atoms in total. The molecule has 0 atom stereocenters. The SMILES string of the molecule is CC(C)(C#N)CCCCN1CCC(CC(=O)O)CC1. The van der Waals surface area contributed by atoms with Crippen molar-refractivity contribution in [2.45, 2.75) is 52.4 Å². The molecule has 19 heavy (non-hydrogen) atoms. The Kier molecular flexibility index (Phi) is 6.30. The van der Waals surface area contributed by atoms with Crippen molar-refractivity contribution in [3.05, 3.63) is 0 Å². The van der Waals surface area contributed by atoms with Crippen molar-refractivity contribution in [1.82, 2.24) is 4.90 Å². The molecule has 0 bridgehead atoms. The molecule has 1 rings (SSSR count). The second-order valence-electron chi connectivity index (χ2n) is 6.34. The van der Waals surface area contributed by atoms with Crippen molar-refractivity contribution in [2.24, 2.45) is 11.3 Å². The van der Waals surface area contributed by atoms with Gasteiger partial charge >= 0.3 is 5.97 Å².